The highest BCUT2D eigenvalue weighted by atomic mass is 16.5. The molecule has 1 aliphatic rings. The Morgan fingerprint density at radius 2 is 1.64 bits per heavy atom. The van der Waals surface area contributed by atoms with E-state index in [1.807, 2.05) is 48.5 Å². The number of rotatable bonds is 13. The first-order chi connectivity index (χ1) is 15.1. The van der Waals surface area contributed by atoms with Crippen LogP contribution in [0.5, 0.6) is 0 Å². The minimum atomic E-state index is -0.399. The predicted molar refractivity (Wildman–Crippen MR) is 128 cm³/mol. The Morgan fingerprint density at radius 3 is 2.12 bits per heavy atom. The van der Waals surface area contributed by atoms with Gasteiger partial charge in [0.25, 0.3) is 11.8 Å². The van der Waals surface area contributed by atoms with Crippen LogP contribution < -0.4 is 11.1 Å². The third-order valence-electron chi connectivity index (χ3n) is 5.59. The van der Waals surface area contributed by atoms with Gasteiger partial charge in [0.15, 0.2) is 0 Å². The van der Waals surface area contributed by atoms with Gasteiger partial charge in [0.05, 0.1) is 11.7 Å². The maximum atomic E-state index is 12.4. The number of ether oxygens (including phenoxy) is 1. The molecule has 3 amide bonds. The van der Waals surface area contributed by atoms with Crippen molar-refractivity contribution in [2.75, 3.05) is 6.54 Å². The topological polar surface area (TPSA) is 119 Å². The van der Waals surface area contributed by atoms with Crippen molar-refractivity contribution in [3.05, 3.63) is 12.2 Å². The van der Waals surface area contributed by atoms with Gasteiger partial charge in [-0.2, -0.15) is 0 Å². The van der Waals surface area contributed by atoms with Gasteiger partial charge in [0, 0.05) is 49.0 Å². The molecule has 0 bridgehead atoms. The highest BCUT2D eigenvalue weighted by molar-refractivity contribution is 6.13. The molecule has 3 unspecified atom stereocenters. The van der Waals surface area contributed by atoms with Crippen molar-refractivity contribution in [3.63, 3.8) is 0 Å². The number of hydrogen-bond acceptors (Lipinski definition) is 6. The van der Waals surface area contributed by atoms with E-state index in [0.29, 0.717) is 25.7 Å². The van der Waals surface area contributed by atoms with Crippen LogP contribution in [0.25, 0.3) is 0 Å². The standard InChI is InChI=1S/C25H43N3O5/c1-8-19(27-21(30)14-15-28-22(31)12-13-23(28)32)18(26)16-17(33-25(5,6)7)10-9-11-20(29)24(2,3)4/h12-13,17-19H,8-11,14-16,26H2,1-7H3,(H,27,30). The molecule has 1 heterocycles. The number of hydrogen-bond donors (Lipinski definition) is 2. The molecule has 33 heavy (non-hydrogen) atoms. The van der Waals surface area contributed by atoms with E-state index in [4.69, 9.17) is 10.5 Å². The van der Waals surface area contributed by atoms with Crippen LogP contribution in [-0.4, -0.2) is 58.7 Å². The first-order valence-electron chi connectivity index (χ1n) is 11.9. The van der Waals surface area contributed by atoms with E-state index in [-0.39, 0.29) is 53.9 Å². The number of carbonyl (C=O) groups is 4. The van der Waals surface area contributed by atoms with Crippen LogP contribution in [0.1, 0.15) is 87.0 Å². The third kappa shape index (κ3) is 10.6. The molecule has 0 aliphatic carbocycles. The SMILES string of the molecule is CCC(NC(=O)CCN1C(=O)C=CC1=O)C(N)CC(CCCC(=O)C(C)(C)C)OC(C)(C)C. The summed E-state index contributed by atoms with van der Waals surface area (Å²) in [6.45, 7) is 13.7. The van der Waals surface area contributed by atoms with Gasteiger partial charge in [-0.15, -0.1) is 0 Å². The molecule has 1 aliphatic heterocycles. The third-order valence-corrected chi connectivity index (χ3v) is 5.59. The molecule has 0 saturated carbocycles. The van der Waals surface area contributed by atoms with Crippen LogP contribution >= 0.6 is 0 Å². The molecule has 3 atom stereocenters. The number of nitrogens with zero attached hydrogens (tertiary/aromatic N) is 1. The first-order valence-corrected chi connectivity index (χ1v) is 11.9. The Kier molecular flexibility index (Phi) is 10.9. The molecular formula is C25H43N3O5. The second-order valence-electron chi connectivity index (χ2n) is 10.8. The Hall–Kier alpha value is -2.06. The fraction of sp³-hybridized carbons (Fsp3) is 0.760. The molecule has 0 saturated heterocycles. The molecule has 0 aromatic carbocycles. The van der Waals surface area contributed by atoms with Gasteiger partial charge in [0.2, 0.25) is 5.91 Å². The summed E-state index contributed by atoms with van der Waals surface area (Å²) < 4.78 is 6.22. The Bertz CT molecular complexity index is 715. The summed E-state index contributed by atoms with van der Waals surface area (Å²) in [5.41, 5.74) is 5.76. The van der Waals surface area contributed by atoms with Crippen LogP contribution in [0, 0.1) is 5.41 Å². The molecule has 0 aromatic rings. The molecule has 0 aromatic heterocycles. The van der Waals surface area contributed by atoms with Crippen LogP contribution in [-0.2, 0) is 23.9 Å². The van der Waals surface area contributed by atoms with Crippen molar-refractivity contribution in [1.29, 1.82) is 0 Å². The number of amides is 3. The van der Waals surface area contributed by atoms with Gasteiger partial charge < -0.3 is 15.8 Å². The van der Waals surface area contributed by atoms with Crippen LogP contribution in [0.3, 0.4) is 0 Å². The average Bonchev–Trinajstić information content (AvgIpc) is 2.99. The smallest absolute Gasteiger partial charge is 0.253 e. The fourth-order valence-corrected chi connectivity index (χ4v) is 3.71. The monoisotopic (exact) mass is 465 g/mol. The number of nitrogens with one attached hydrogen (secondary N) is 1. The second-order valence-corrected chi connectivity index (χ2v) is 10.8. The predicted octanol–water partition coefficient (Wildman–Crippen LogP) is 2.88. The van der Waals surface area contributed by atoms with E-state index in [1.165, 1.54) is 12.2 Å². The van der Waals surface area contributed by atoms with Crippen molar-refractivity contribution >= 4 is 23.5 Å². The zero-order valence-electron chi connectivity index (χ0n) is 21.4. The molecule has 3 N–H and O–H groups in total. The van der Waals surface area contributed by atoms with Crippen molar-refractivity contribution in [1.82, 2.24) is 10.2 Å². The van der Waals surface area contributed by atoms with Gasteiger partial charge in [-0.25, -0.2) is 0 Å². The fourth-order valence-electron chi connectivity index (χ4n) is 3.71. The number of nitrogens with two attached hydrogens (primary N) is 1. The largest absolute Gasteiger partial charge is 0.373 e. The van der Waals surface area contributed by atoms with Gasteiger partial charge in [-0.05, 0) is 46.5 Å². The van der Waals surface area contributed by atoms with Crippen molar-refractivity contribution in [2.45, 2.75) is 111 Å². The zero-order chi connectivity index (χ0) is 25.4. The van der Waals surface area contributed by atoms with E-state index in [0.717, 1.165) is 11.3 Å². The molecular weight excluding hydrogens is 422 g/mol. The highest BCUT2D eigenvalue weighted by Crippen LogP contribution is 2.23. The normalized spacial score (nSPS) is 17.3. The lowest BCUT2D eigenvalue weighted by Crippen LogP contribution is -2.49. The van der Waals surface area contributed by atoms with E-state index >= 15 is 0 Å². The second kappa shape index (κ2) is 12.4. The maximum Gasteiger partial charge on any atom is 0.253 e. The lowest BCUT2D eigenvalue weighted by atomic mass is 9.87. The van der Waals surface area contributed by atoms with Crippen LogP contribution in [0.15, 0.2) is 12.2 Å². The van der Waals surface area contributed by atoms with Crippen LogP contribution in [0.2, 0.25) is 0 Å². The Morgan fingerprint density at radius 1 is 1.06 bits per heavy atom. The molecule has 1 rings (SSSR count). The lowest BCUT2D eigenvalue weighted by Gasteiger charge is -2.32. The summed E-state index contributed by atoms with van der Waals surface area (Å²) in [6, 6.07) is -0.593. The number of carbonyl (C=O) groups excluding carboxylic acids is 4. The quantitative estimate of drug-likeness (QED) is 0.404. The average molecular weight is 466 g/mol. The summed E-state index contributed by atoms with van der Waals surface area (Å²) in [6.07, 6.45) is 5.42. The molecule has 0 radical (unpaired) electrons. The number of imide groups is 1. The van der Waals surface area contributed by atoms with E-state index in [9.17, 15) is 19.2 Å². The Balaban J connectivity index is 2.63. The van der Waals surface area contributed by atoms with Crippen molar-refractivity contribution in [2.24, 2.45) is 11.1 Å². The van der Waals surface area contributed by atoms with Crippen molar-refractivity contribution in [3.8, 4) is 0 Å². The Labute approximate surface area is 198 Å². The van der Waals surface area contributed by atoms with E-state index in [1.54, 1.807) is 0 Å². The van der Waals surface area contributed by atoms with E-state index in [2.05, 4.69) is 5.32 Å². The van der Waals surface area contributed by atoms with Gasteiger partial charge >= 0.3 is 0 Å². The van der Waals surface area contributed by atoms with Crippen LogP contribution in [0.4, 0.5) is 0 Å². The van der Waals surface area contributed by atoms with Gasteiger partial charge in [-0.1, -0.05) is 27.7 Å². The summed E-state index contributed by atoms with van der Waals surface area (Å²) in [4.78, 5) is 49.0. The zero-order valence-corrected chi connectivity index (χ0v) is 21.4. The maximum absolute atomic E-state index is 12.4. The molecule has 0 spiro atoms. The summed E-state index contributed by atoms with van der Waals surface area (Å²) in [5.74, 6) is -0.827. The minimum absolute atomic E-state index is 0.0270. The van der Waals surface area contributed by atoms with Gasteiger partial charge in [-0.3, -0.25) is 24.1 Å². The molecule has 0 fully saturated rings. The van der Waals surface area contributed by atoms with E-state index < -0.39 is 11.8 Å². The summed E-state index contributed by atoms with van der Waals surface area (Å²) in [7, 11) is 0. The minimum Gasteiger partial charge on any atom is -0.373 e. The molecule has 8 nitrogen and oxygen atoms in total. The number of ketones is 1. The van der Waals surface area contributed by atoms with Crippen molar-refractivity contribution < 1.29 is 23.9 Å². The number of Topliss-reactive ketones (excluding diaryl/α,β-unsaturated/α-hetero) is 1. The lowest BCUT2D eigenvalue weighted by molar-refractivity contribution is -0.137. The first kappa shape index (κ1) is 29.0. The molecule has 188 valence electrons. The molecule has 8 heteroatoms. The summed E-state index contributed by atoms with van der Waals surface area (Å²) in [5, 5.41) is 2.94. The highest BCUT2D eigenvalue weighted by Gasteiger charge is 2.28. The van der Waals surface area contributed by atoms with Gasteiger partial charge in [0.1, 0.15) is 5.78 Å². The summed E-state index contributed by atoms with van der Waals surface area (Å²) >= 11 is 0.